The minimum Gasteiger partial charge on any atom is -0.378 e. The molecule has 0 unspecified atom stereocenters. The Morgan fingerprint density at radius 2 is 1.88 bits per heavy atom. The molecule has 2 N–H and O–H groups in total. The largest absolute Gasteiger partial charge is 0.378 e. The van der Waals surface area contributed by atoms with E-state index < -0.39 is 11.8 Å². The Balaban J connectivity index is 1.68. The van der Waals surface area contributed by atoms with Gasteiger partial charge in [-0.15, -0.1) is 11.3 Å². The second-order valence-electron chi connectivity index (χ2n) is 5.32. The molecule has 7 nitrogen and oxygen atoms in total. The van der Waals surface area contributed by atoms with E-state index in [-0.39, 0.29) is 0 Å². The first kappa shape index (κ1) is 16.4. The van der Waals surface area contributed by atoms with E-state index in [0.717, 1.165) is 24.5 Å². The summed E-state index contributed by atoms with van der Waals surface area (Å²) in [5.41, 5.74) is 2.29. The maximum absolute atomic E-state index is 12.2. The number of para-hydroxylation sites is 2. The van der Waals surface area contributed by atoms with E-state index in [2.05, 4.69) is 20.5 Å². The molecule has 2 heterocycles. The SMILES string of the molecule is Cc1csc(NC(=O)C(=O)Nc2ccccc2N2CCOCC2)n1. The highest BCUT2D eigenvalue weighted by Crippen LogP contribution is 2.26. The van der Waals surface area contributed by atoms with Crippen LogP contribution in [0.3, 0.4) is 0 Å². The summed E-state index contributed by atoms with van der Waals surface area (Å²) in [5, 5.41) is 7.40. The van der Waals surface area contributed by atoms with Crippen LogP contribution in [0.4, 0.5) is 16.5 Å². The van der Waals surface area contributed by atoms with Crippen LogP contribution in [0, 0.1) is 6.92 Å². The third-order valence-electron chi connectivity index (χ3n) is 3.55. The number of nitrogens with one attached hydrogen (secondary N) is 2. The number of benzene rings is 1. The summed E-state index contributed by atoms with van der Waals surface area (Å²) in [6.07, 6.45) is 0. The van der Waals surface area contributed by atoms with Crippen molar-refractivity contribution >= 4 is 39.7 Å². The van der Waals surface area contributed by atoms with E-state index >= 15 is 0 Å². The highest BCUT2D eigenvalue weighted by Gasteiger charge is 2.19. The number of rotatable bonds is 3. The van der Waals surface area contributed by atoms with Gasteiger partial charge in [0.2, 0.25) is 0 Å². The standard InChI is InChI=1S/C16H18N4O3S/c1-11-10-24-16(17-11)19-15(22)14(21)18-12-4-2-3-5-13(12)20-6-8-23-9-7-20/h2-5,10H,6-9H2,1H3,(H,18,21)(H,17,19,22). The zero-order valence-electron chi connectivity index (χ0n) is 13.2. The van der Waals surface area contributed by atoms with Gasteiger partial charge in [-0.05, 0) is 19.1 Å². The smallest absolute Gasteiger partial charge is 0.315 e. The lowest BCUT2D eigenvalue weighted by molar-refractivity contribution is -0.132. The molecule has 1 aliphatic rings. The summed E-state index contributed by atoms with van der Waals surface area (Å²) in [6, 6.07) is 7.42. The molecule has 1 aliphatic heterocycles. The molecule has 1 aromatic heterocycles. The van der Waals surface area contributed by atoms with Gasteiger partial charge in [0.15, 0.2) is 5.13 Å². The number of carbonyl (C=O) groups is 2. The average Bonchev–Trinajstić information content (AvgIpc) is 3.01. The molecule has 1 saturated heterocycles. The van der Waals surface area contributed by atoms with Crippen molar-refractivity contribution in [2.24, 2.45) is 0 Å². The topological polar surface area (TPSA) is 83.6 Å². The lowest BCUT2D eigenvalue weighted by atomic mass is 10.2. The highest BCUT2D eigenvalue weighted by molar-refractivity contribution is 7.14. The van der Waals surface area contributed by atoms with Crippen molar-refractivity contribution in [3.63, 3.8) is 0 Å². The Kier molecular flexibility index (Phi) is 5.07. The second-order valence-corrected chi connectivity index (χ2v) is 6.18. The van der Waals surface area contributed by atoms with Crippen molar-refractivity contribution in [1.29, 1.82) is 0 Å². The van der Waals surface area contributed by atoms with Crippen molar-refractivity contribution in [1.82, 2.24) is 4.98 Å². The maximum Gasteiger partial charge on any atom is 0.315 e. The van der Waals surface area contributed by atoms with Crippen LogP contribution in [0.5, 0.6) is 0 Å². The third-order valence-corrected chi connectivity index (χ3v) is 4.43. The van der Waals surface area contributed by atoms with Crippen LogP contribution >= 0.6 is 11.3 Å². The van der Waals surface area contributed by atoms with E-state index in [1.54, 1.807) is 11.4 Å². The summed E-state index contributed by atoms with van der Waals surface area (Å²) >= 11 is 1.28. The number of nitrogens with zero attached hydrogens (tertiary/aromatic N) is 2. The normalized spacial score (nSPS) is 14.3. The Labute approximate surface area is 143 Å². The van der Waals surface area contributed by atoms with E-state index in [1.165, 1.54) is 11.3 Å². The zero-order chi connectivity index (χ0) is 16.9. The Bertz CT molecular complexity index is 740. The van der Waals surface area contributed by atoms with Gasteiger partial charge in [-0.3, -0.25) is 14.9 Å². The van der Waals surface area contributed by atoms with Crippen molar-refractivity contribution in [2.75, 3.05) is 41.8 Å². The molecule has 2 amide bonds. The molecule has 0 atom stereocenters. The van der Waals surface area contributed by atoms with Gasteiger partial charge in [-0.2, -0.15) is 0 Å². The van der Waals surface area contributed by atoms with Crippen molar-refractivity contribution in [3.8, 4) is 0 Å². The number of morpholine rings is 1. The fraction of sp³-hybridized carbons (Fsp3) is 0.312. The molecule has 3 rings (SSSR count). The van der Waals surface area contributed by atoms with Gasteiger partial charge in [0.1, 0.15) is 0 Å². The van der Waals surface area contributed by atoms with Crippen molar-refractivity contribution in [2.45, 2.75) is 6.92 Å². The quantitative estimate of drug-likeness (QED) is 0.829. The van der Waals surface area contributed by atoms with Gasteiger partial charge in [0, 0.05) is 18.5 Å². The van der Waals surface area contributed by atoms with Gasteiger partial charge in [0.05, 0.1) is 30.3 Å². The minimum atomic E-state index is -0.735. The molecular formula is C16H18N4O3S. The summed E-state index contributed by atoms with van der Waals surface area (Å²) in [7, 11) is 0. The van der Waals surface area contributed by atoms with Crippen LogP contribution in [0.1, 0.15) is 5.69 Å². The number of hydrogen-bond donors (Lipinski definition) is 2. The van der Waals surface area contributed by atoms with E-state index in [9.17, 15) is 9.59 Å². The Morgan fingerprint density at radius 1 is 1.17 bits per heavy atom. The third kappa shape index (κ3) is 3.90. The number of thiazole rings is 1. The first-order valence-electron chi connectivity index (χ1n) is 7.59. The van der Waals surface area contributed by atoms with Gasteiger partial charge in [-0.1, -0.05) is 12.1 Å². The molecular weight excluding hydrogens is 328 g/mol. The molecule has 0 spiro atoms. The molecule has 0 bridgehead atoms. The maximum atomic E-state index is 12.2. The molecule has 24 heavy (non-hydrogen) atoms. The van der Waals surface area contributed by atoms with E-state index in [0.29, 0.717) is 24.0 Å². The fourth-order valence-corrected chi connectivity index (χ4v) is 3.09. The van der Waals surface area contributed by atoms with Crippen LogP contribution < -0.4 is 15.5 Å². The first-order valence-corrected chi connectivity index (χ1v) is 8.47. The summed E-state index contributed by atoms with van der Waals surface area (Å²) in [5.74, 6) is -1.45. The number of amides is 2. The van der Waals surface area contributed by atoms with Crippen molar-refractivity contribution in [3.05, 3.63) is 35.3 Å². The van der Waals surface area contributed by atoms with Crippen LogP contribution in [0.25, 0.3) is 0 Å². The number of aryl methyl sites for hydroxylation is 1. The van der Waals surface area contributed by atoms with Crippen LogP contribution in [-0.4, -0.2) is 43.1 Å². The first-order chi connectivity index (χ1) is 11.6. The lowest BCUT2D eigenvalue weighted by Gasteiger charge is -2.30. The number of hydrogen-bond acceptors (Lipinski definition) is 6. The Morgan fingerprint density at radius 3 is 2.58 bits per heavy atom. The van der Waals surface area contributed by atoms with E-state index in [1.807, 2.05) is 25.1 Å². The van der Waals surface area contributed by atoms with Crippen molar-refractivity contribution < 1.29 is 14.3 Å². The summed E-state index contributed by atoms with van der Waals surface area (Å²) in [4.78, 5) is 30.4. The molecule has 1 aromatic carbocycles. The number of aromatic nitrogens is 1. The van der Waals surface area contributed by atoms with Gasteiger partial charge < -0.3 is 15.0 Å². The average molecular weight is 346 g/mol. The monoisotopic (exact) mass is 346 g/mol. The zero-order valence-corrected chi connectivity index (χ0v) is 14.1. The molecule has 0 radical (unpaired) electrons. The molecule has 8 heteroatoms. The predicted octanol–water partition coefficient (Wildman–Crippen LogP) is 1.87. The summed E-state index contributed by atoms with van der Waals surface area (Å²) in [6.45, 7) is 4.61. The lowest BCUT2D eigenvalue weighted by Crippen LogP contribution is -2.37. The number of carbonyl (C=O) groups excluding carboxylic acids is 2. The second kappa shape index (κ2) is 7.41. The van der Waals surface area contributed by atoms with Crippen LogP contribution in [-0.2, 0) is 14.3 Å². The van der Waals surface area contributed by atoms with E-state index in [4.69, 9.17) is 4.74 Å². The van der Waals surface area contributed by atoms with Crippen LogP contribution in [0.15, 0.2) is 29.6 Å². The molecule has 0 saturated carbocycles. The fourth-order valence-electron chi connectivity index (χ4n) is 2.40. The highest BCUT2D eigenvalue weighted by atomic mass is 32.1. The van der Waals surface area contributed by atoms with Crippen LogP contribution in [0.2, 0.25) is 0 Å². The Hall–Kier alpha value is -2.45. The number of anilines is 3. The number of ether oxygens (including phenoxy) is 1. The predicted molar refractivity (Wildman–Crippen MR) is 93.6 cm³/mol. The van der Waals surface area contributed by atoms with Gasteiger partial charge in [0.25, 0.3) is 0 Å². The molecule has 0 aliphatic carbocycles. The minimum absolute atomic E-state index is 0.411. The van der Waals surface area contributed by atoms with Gasteiger partial charge in [-0.25, -0.2) is 4.98 Å². The summed E-state index contributed by atoms with van der Waals surface area (Å²) < 4.78 is 5.35. The molecule has 2 aromatic rings. The molecule has 1 fully saturated rings. The van der Waals surface area contributed by atoms with Gasteiger partial charge >= 0.3 is 11.8 Å². The molecule has 126 valence electrons.